The first kappa shape index (κ1) is 31.2. The van der Waals surface area contributed by atoms with Crippen molar-refractivity contribution in [2.75, 3.05) is 52.4 Å². The van der Waals surface area contributed by atoms with Gasteiger partial charge in [0, 0.05) is 57.6 Å². The monoisotopic (exact) mass is 563 g/mol. The van der Waals surface area contributed by atoms with Crippen LogP contribution in [0.25, 0.3) is 0 Å². The lowest BCUT2D eigenvalue weighted by Gasteiger charge is -2.14. The number of hydrogen-bond donors (Lipinski definition) is 3. The molecule has 4 aliphatic heterocycles. The van der Waals surface area contributed by atoms with E-state index in [-0.39, 0.29) is 6.04 Å². The second kappa shape index (κ2) is 19.4. The van der Waals surface area contributed by atoms with E-state index in [0.29, 0.717) is 0 Å². The van der Waals surface area contributed by atoms with Crippen molar-refractivity contribution in [3.05, 3.63) is 107 Å². The Bertz CT molecular complexity index is 1250. The molecule has 0 aliphatic carbocycles. The van der Waals surface area contributed by atoms with Gasteiger partial charge >= 0.3 is 0 Å². The zero-order valence-corrected chi connectivity index (χ0v) is 24.7. The summed E-state index contributed by atoms with van der Waals surface area (Å²) in [5, 5.41) is 10.5. The van der Waals surface area contributed by atoms with E-state index in [0.717, 1.165) is 100 Å². The minimum Gasteiger partial charge on any atom is -0.313 e. The van der Waals surface area contributed by atoms with E-state index in [9.17, 15) is 0 Å². The zero-order chi connectivity index (χ0) is 28.9. The van der Waals surface area contributed by atoms with Gasteiger partial charge < -0.3 is 16.0 Å². The van der Waals surface area contributed by atoms with Crippen LogP contribution in [0, 0.1) is 0 Å². The normalized spacial score (nSPS) is 20.1. The molecule has 4 bridgehead atoms. The number of benzene rings is 3. The summed E-state index contributed by atoms with van der Waals surface area (Å²) in [6, 6.07) is 27.6. The largest absolute Gasteiger partial charge is 0.313 e. The van der Waals surface area contributed by atoms with Crippen molar-refractivity contribution in [3.63, 3.8) is 0 Å². The van der Waals surface area contributed by atoms with Gasteiger partial charge in [0.2, 0.25) is 0 Å². The van der Waals surface area contributed by atoms with Crippen LogP contribution < -0.4 is 16.0 Å². The Balaban J connectivity index is 1.30. The molecule has 7 nitrogen and oxygen atoms in total. The maximum atomic E-state index is 4.97. The fraction of sp³-hybridized carbons (Fsp3) is 0.371. The summed E-state index contributed by atoms with van der Waals surface area (Å²) in [6.07, 6.45) is 11.1. The Hall–Kier alpha value is -3.78. The molecule has 0 radical (unpaired) electrons. The third-order valence-electron chi connectivity index (χ3n) is 6.97. The first-order chi connectivity index (χ1) is 20.8. The molecule has 0 saturated heterocycles. The average molecular weight is 564 g/mol. The van der Waals surface area contributed by atoms with E-state index in [1.807, 2.05) is 24.9 Å². The van der Waals surface area contributed by atoms with E-state index in [2.05, 4.69) is 110 Å². The lowest BCUT2D eigenvalue weighted by atomic mass is 10.1. The van der Waals surface area contributed by atoms with Gasteiger partial charge in [-0.3, -0.25) is 20.0 Å². The summed E-state index contributed by atoms with van der Waals surface area (Å²) >= 11 is 0. The standard InChI is InChI=1S/C35H45N7/c1-2-6-30(7-3-1)24-37-17-5-4-8-35-29-41-23-22-40-27-32-11-9-31(10-12-32)25-38-20-18-36-19-21-39-26-33-13-15-34(16-14-33)28-42-35/h1-3,6-7,9-16,25-28,35-37,41H,4-5,8,17-24,29H2/b38-25+,39-26+,40-27+,42-28+. The quantitative estimate of drug-likeness (QED) is 0.368. The fourth-order valence-electron chi connectivity index (χ4n) is 4.55. The van der Waals surface area contributed by atoms with Gasteiger partial charge in [0.15, 0.2) is 0 Å². The molecular formula is C35H45N7. The van der Waals surface area contributed by atoms with Crippen molar-refractivity contribution in [2.45, 2.75) is 31.8 Å². The molecule has 0 fully saturated rings. The third-order valence-corrected chi connectivity index (χ3v) is 6.97. The molecule has 0 amide bonds. The summed E-state index contributed by atoms with van der Waals surface area (Å²) in [5.41, 5.74) is 5.74. The van der Waals surface area contributed by atoms with E-state index >= 15 is 0 Å². The van der Waals surface area contributed by atoms with Crippen LogP contribution in [0.3, 0.4) is 0 Å². The van der Waals surface area contributed by atoms with Crippen molar-refractivity contribution in [2.24, 2.45) is 20.0 Å². The van der Waals surface area contributed by atoms with Gasteiger partial charge in [-0.25, -0.2) is 0 Å². The minimum atomic E-state index is 0.226. The highest BCUT2D eigenvalue weighted by Crippen LogP contribution is 2.07. The fourth-order valence-corrected chi connectivity index (χ4v) is 4.55. The Kier molecular flexibility index (Phi) is 14.4. The summed E-state index contributed by atoms with van der Waals surface area (Å²) < 4.78 is 0. The van der Waals surface area contributed by atoms with Gasteiger partial charge in [-0.15, -0.1) is 0 Å². The molecule has 7 rings (SSSR count). The van der Waals surface area contributed by atoms with E-state index in [1.165, 1.54) is 5.56 Å². The average Bonchev–Trinajstić information content (AvgIpc) is 3.03. The predicted octanol–water partition coefficient (Wildman–Crippen LogP) is 4.58. The molecular weight excluding hydrogens is 518 g/mol. The Labute approximate surface area is 251 Å². The third kappa shape index (κ3) is 12.8. The molecule has 3 aromatic rings. The van der Waals surface area contributed by atoms with Gasteiger partial charge in [-0.1, -0.05) is 85.3 Å². The molecule has 3 aromatic carbocycles. The molecule has 3 N–H and O–H groups in total. The van der Waals surface area contributed by atoms with Crippen molar-refractivity contribution in [1.82, 2.24) is 16.0 Å². The van der Waals surface area contributed by atoms with Crippen molar-refractivity contribution in [1.29, 1.82) is 0 Å². The molecule has 1 atom stereocenters. The topological polar surface area (TPSA) is 85.5 Å². The Morgan fingerprint density at radius 2 is 1.12 bits per heavy atom. The first-order valence-electron chi connectivity index (χ1n) is 15.2. The number of aliphatic imine (C=N–C) groups is 4. The van der Waals surface area contributed by atoms with Crippen molar-refractivity contribution in [3.8, 4) is 0 Å². The summed E-state index contributed by atoms with van der Waals surface area (Å²) in [5.74, 6) is 0. The van der Waals surface area contributed by atoms with Crippen LogP contribution in [-0.2, 0) is 6.54 Å². The molecule has 1 unspecified atom stereocenters. The van der Waals surface area contributed by atoms with Crippen LogP contribution in [-0.4, -0.2) is 83.3 Å². The maximum Gasteiger partial charge on any atom is 0.0624 e. The molecule has 220 valence electrons. The van der Waals surface area contributed by atoms with Gasteiger partial charge in [-0.2, -0.15) is 0 Å². The van der Waals surface area contributed by atoms with E-state index in [1.54, 1.807) is 0 Å². The zero-order valence-electron chi connectivity index (χ0n) is 24.7. The lowest BCUT2D eigenvalue weighted by Crippen LogP contribution is -2.28. The SMILES string of the molecule is C1=N/CCNCC/N=C/c2ccc(cc2)/C=N/C(CCCCNCc2ccccc2)CNCC/N=C/c2ccc/1cc2. The van der Waals surface area contributed by atoms with Gasteiger partial charge in [-0.05, 0) is 47.2 Å². The van der Waals surface area contributed by atoms with Crippen LogP contribution in [0.4, 0.5) is 0 Å². The minimum absolute atomic E-state index is 0.226. The second-order valence-electron chi connectivity index (χ2n) is 10.5. The van der Waals surface area contributed by atoms with Crippen LogP contribution in [0.2, 0.25) is 0 Å². The number of rotatable bonds is 7. The highest BCUT2D eigenvalue weighted by Gasteiger charge is 2.06. The number of nitrogens with one attached hydrogen (secondary N) is 3. The van der Waals surface area contributed by atoms with Crippen molar-refractivity contribution >= 4 is 24.9 Å². The highest BCUT2D eigenvalue weighted by molar-refractivity contribution is 5.85. The molecule has 4 heterocycles. The van der Waals surface area contributed by atoms with Crippen molar-refractivity contribution < 1.29 is 0 Å². The number of hydrogen-bond acceptors (Lipinski definition) is 7. The number of nitrogens with zero attached hydrogens (tertiary/aromatic N) is 4. The van der Waals surface area contributed by atoms with Crippen LogP contribution in [0.5, 0.6) is 0 Å². The summed E-state index contributed by atoms with van der Waals surface area (Å²) in [4.78, 5) is 18.7. The highest BCUT2D eigenvalue weighted by atomic mass is 14.9. The molecule has 0 saturated carbocycles. The molecule has 4 aliphatic rings. The van der Waals surface area contributed by atoms with E-state index < -0.39 is 0 Å². The van der Waals surface area contributed by atoms with Crippen LogP contribution in [0.15, 0.2) is 98.8 Å². The predicted molar refractivity (Wildman–Crippen MR) is 179 cm³/mol. The molecule has 42 heavy (non-hydrogen) atoms. The second-order valence-corrected chi connectivity index (χ2v) is 10.5. The summed E-state index contributed by atoms with van der Waals surface area (Å²) in [6.45, 7) is 7.50. The van der Waals surface area contributed by atoms with Crippen LogP contribution >= 0.6 is 0 Å². The van der Waals surface area contributed by atoms with Gasteiger partial charge in [0.1, 0.15) is 0 Å². The molecule has 7 heteroatoms. The Morgan fingerprint density at radius 3 is 1.69 bits per heavy atom. The first-order valence-corrected chi connectivity index (χ1v) is 15.2. The smallest absolute Gasteiger partial charge is 0.0624 e. The summed E-state index contributed by atoms with van der Waals surface area (Å²) in [7, 11) is 0. The van der Waals surface area contributed by atoms with Gasteiger partial charge in [0.05, 0.1) is 25.7 Å². The van der Waals surface area contributed by atoms with Gasteiger partial charge in [0.25, 0.3) is 0 Å². The number of unbranched alkanes of at least 4 members (excludes halogenated alkanes) is 1. The van der Waals surface area contributed by atoms with E-state index in [4.69, 9.17) is 4.99 Å². The molecule has 0 spiro atoms. The lowest BCUT2D eigenvalue weighted by molar-refractivity contribution is 0.513. The molecule has 0 aromatic heterocycles. The maximum absolute atomic E-state index is 4.97. The van der Waals surface area contributed by atoms with Crippen LogP contribution in [0.1, 0.15) is 47.1 Å². The Morgan fingerprint density at radius 1 is 0.595 bits per heavy atom.